The van der Waals surface area contributed by atoms with Crippen molar-refractivity contribution in [2.24, 2.45) is 0 Å². The first-order chi connectivity index (χ1) is 10.7. The number of benzene rings is 1. The summed E-state index contributed by atoms with van der Waals surface area (Å²) in [6.45, 7) is 5.78. The van der Waals surface area contributed by atoms with E-state index in [9.17, 15) is 9.59 Å². The van der Waals surface area contributed by atoms with Crippen LogP contribution in [0.15, 0.2) is 28.7 Å². The Kier molecular flexibility index (Phi) is 7.35. The molecule has 2 N–H and O–H groups in total. The third-order valence-electron chi connectivity index (χ3n) is 2.85. The van der Waals surface area contributed by atoms with Gasteiger partial charge in [0.1, 0.15) is 5.60 Å². The van der Waals surface area contributed by atoms with Crippen LogP contribution in [0.4, 0.5) is 9.59 Å². The average molecular weight is 387 g/mol. The summed E-state index contributed by atoms with van der Waals surface area (Å²) in [5.41, 5.74) is 0.351. The van der Waals surface area contributed by atoms with Crippen molar-refractivity contribution in [3.05, 3.63) is 34.3 Å². The number of nitrogens with one attached hydrogen (secondary N) is 2. The Morgan fingerprint density at radius 1 is 1.17 bits per heavy atom. The third-order valence-corrected chi connectivity index (χ3v) is 3.38. The van der Waals surface area contributed by atoms with E-state index < -0.39 is 17.8 Å². The van der Waals surface area contributed by atoms with Gasteiger partial charge in [0.25, 0.3) is 0 Å². The topological polar surface area (TPSA) is 76.7 Å². The summed E-state index contributed by atoms with van der Waals surface area (Å²) in [5.74, 6) is 0. The lowest BCUT2D eigenvalue weighted by Gasteiger charge is -2.24. The minimum atomic E-state index is -0.571. The fraction of sp³-hybridized carbons (Fsp3) is 0.500. The molecule has 23 heavy (non-hydrogen) atoms. The van der Waals surface area contributed by atoms with Crippen LogP contribution in [-0.4, -0.2) is 31.4 Å². The quantitative estimate of drug-likeness (QED) is 0.807. The number of halogens is 1. The minimum Gasteiger partial charge on any atom is -0.453 e. The molecule has 6 nitrogen and oxygen atoms in total. The van der Waals surface area contributed by atoms with Gasteiger partial charge in [0.2, 0.25) is 0 Å². The zero-order chi connectivity index (χ0) is 17.5. The molecule has 0 spiro atoms. The molecule has 0 aliphatic rings. The maximum atomic E-state index is 12.0. The lowest BCUT2D eigenvalue weighted by atomic mass is 10.0. The fourth-order valence-electron chi connectivity index (χ4n) is 1.86. The normalized spacial score (nSPS) is 12.2. The van der Waals surface area contributed by atoms with Gasteiger partial charge in [-0.05, 0) is 44.9 Å². The Hall–Kier alpha value is -1.76. The van der Waals surface area contributed by atoms with Crippen molar-refractivity contribution in [2.75, 3.05) is 13.7 Å². The van der Waals surface area contributed by atoms with Crippen molar-refractivity contribution in [3.63, 3.8) is 0 Å². The molecule has 0 heterocycles. The van der Waals surface area contributed by atoms with E-state index in [1.54, 1.807) is 20.8 Å². The summed E-state index contributed by atoms with van der Waals surface area (Å²) in [7, 11) is 1.31. The van der Waals surface area contributed by atoms with Crippen LogP contribution in [0.2, 0.25) is 0 Å². The zero-order valence-corrected chi connectivity index (χ0v) is 15.4. The third kappa shape index (κ3) is 7.88. The fourth-order valence-corrected chi connectivity index (χ4v) is 2.12. The van der Waals surface area contributed by atoms with Crippen molar-refractivity contribution in [3.8, 4) is 0 Å². The Bertz CT molecular complexity index is 526. The van der Waals surface area contributed by atoms with Crippen LogP contribution in [-0.2, 0) is 9.47 Å². The SMILES string of the molecule is COC(=O)NCC[C@H](NC(=O)OC(C)(C)C)c1ccc(Br)cc1. The number of hydrogen-bond donors (Lipinski definition) is 2. The highest BCUT2D eigenvalue weighted by atomic mass is 79.9. The molecule has 1 atom stereocenters. The van der Waals surface area contributed by atoms with Crippen molar-refractivity contribution in [2.45, 2.75) is 38.8 Å². The van der Waals surface area contributed by atoms with Crippen molar-refractivity contribution < 1.29 is 19.1 Å². The Morgan fingerprint density at radius 3 is 2.30 bits per heavy atom. The molecule has 128 valence electrons. The number of ether oxygens (including phenoxy) is 2. The molecule has 1 aromatic rings. The summed E-state index contributed by atoms with van der Waals surface area (Å²) < 4.78 is 10.8. The molecule has 0 aromatic heterocycles. The monoisotopic (exact) mass is 386 g/mol. The second-order valence-electron chi connectivity index (χ2n) is 5.96. The molecular formula is C16H23BrN2O4. The van der Waals surface area contributed by atoms with E-state index in [0.29, 0.717) is 13.0 Å². The first kappa shape index (κ1) is 19.3. The summed E-state index contributed by atoms with van der Waals surface area (Å²) >= 11 is 3.38. The Balaban J connectivity index is 2.73. The van der Waals surface area contributed by atoms with E-state index in [4.69, 9.17) is 4.74 Å². The predicted molar refractivity (Wildman–Crippen MR) is 91.3 cm³/mol. The van der Waals surface area contributed by atoms with Crippen LogP contribution < -0.4 is 10.6 Å². The molecule has 0 fully saturated rings. The first-order valence-electron chi connectivity index (χ1n) is 7.28. The number of rotatable bonds is 5. The molecule has 0 unspecified atom stereocenters. The van der Waals surface area contributed by atoms with Crippen LogP contribution in [0.5, 0.6) is 0 Å². The Labute approximate surface area is 145 Å². The highest BCUT2D eigenvalue weighted by molar-refractivity contribution is 9.10. The van der Waals surface area contributed by atoms with Gasteiger partial charge in [-0.1, -0.05) is 28.1 Å². The molecule has 1 rings (SSSR count). The van der Waals surface area contributed by atoms with Gasteiger partial charge in [-0.25, -0.2) is 9.59 Å². The van der Waals surface area contributed by atoms with E-state index in [1.165, 1.54) is 7.11 Å². The second-order valence-corrected chi connectivity index (χ2v) is 6.87. The molecule has 0 aliphatic carbocycles. The van der Waals surface area contributed by atoms with Crippen molar-refractivity contribution >= 4 is 28.1 Å². The van der Waals surface area contributed by atoms with Crippen LogP contribution in [0, 0.1) is 0 Å². The summed E-state index contributed by atoms with van der Waals surface area (Å²) in [5, 5.41) is 5.44. The number of amides is 2. The summed E-state index contributed by atoms with van der Waals surface area (Å²) in [6, 6.07) is 7.32. The maximum Gasteiger partial charge on any atom is 0.408 e. The van der Waals surface area contributed by atoms with E-state index in [-0.39, 0.29) is 6.04 Å². The van der Waals surface area contributed by atoms with E-state index >= 15 is 0 Å². The number of carbonyl (C=O) groups is 2. The van der Waals surface area contributed by atoms with E-state index in [1.807, 2.05) is 24.3 Å². The lowest BCUT2D eigenvalue weighted by molar-refractivity contribution is 0.0501. The largest absolute Gasteiger partial charge is 0.453 e. The van der Waals surface area contributed by atoms with Crippen LogP contribution in [0.3, 0.4) is 0 Å². The molecule has 0 saturated carbocycles. The zero-order valence-electron chi connectivity index (χ0n) is 13.8. The van der Waals surface area contributed by atoms with Gasteiger partial charge in [-0.3, -0.25) is 0 Å². The van der Waals surface area contributed by atoms with Gasteiger partial charge in [-0.15, -0.1) is 0 Å². The molecule has 0 radical (unpaired) electrons. The van der Waals surface area contributed by atoms with E-state index in [0.717, 1.165) is 10.0 Å². The smallest absolute Gasteiger partial charge is 0.408 e. The molecule has 1 aromatic carbocycles. The highest BCUT2D eigenvalue weighted by Gasteiger charge is 2.20. The molecule has 0 bridgehead atoms. The van der Waals surface area contributed by atoms with Gasteiger partial charge < -0.3 is 20.1 Å². The number of carbonyl (C=O) groups excluding carboxylic acids is 2. The van der Waals surface area contributed by atoms with Crippen LogP contribution in [0.25, 0.3) is 0 Å². The van der Waals surface area contributed by atoms with Gasteiger partial charge in [0.15, 0.2) is 0 Å². The molecule has 7 heteroatoms. The van der Waals surface area contributed by atoms with Gasteiger partial charge in [0, 0.05) is 11.0 Å². The van der Waals surface area contributed by atoms with Crippen LogP contribution >= 0.6 is 15.9 Å². The van der Waals surface area contributed by atoms with Crippen LogP contribution in [0.1, 0.15) is 38.8 Å². The summed E-state index contributed by atoms with van der Waals surface area (Å²) in [6.07, 6.45) is -0.490. The molecular weight excluding hydrogens is 364 g/mol. The van der Waals surface area contributed by atoms with Gasteiger partial charge >= 0.3 is 12.2 Å². The Morgan fingerprint density at radius 2 is 1.78 bits per heavy atom. The maximum absolute atomic E-state index is 12.0. The first-order valence-corrected chi connectivity index (χ1v) is 8.07. The summed E-state index contributed by atoms with van der Waals surface area (Å²) in [4.78, 5) is 23.1. The van der Waals surface area contributed by atoms with Crippen molar-refractivity contribution in [1.82, 2.24) is 10.6 Å². The van der Waals surface area contributed by atoms with E-state index in [2.05, 4.69) is 31.3 Å². The molecule has 0 aliphatic heterocycles. The lowest BCUT2D eigenvalue weighted by Crippen LogP contribution is -2.36. The second kappa shape index (κ2) is 8.76. The van der Waals surface area contributed by atoms with Gasteiger partial charge in [0.05, 0.1) is 13.2 Å². The average Bonchev–Trinajstić information content (AvgIpc) is 2.45. The minimum absolute atomic E-state index is 0.282. The molecule has 2 amide bonds. The highest BCUT2D eigenvalue weighted by Crippen LogP contribution is 2.20. The standard InChI is InChI=1S/C16H23BrN2O4/c1-16(2,3)23-15(21)19-13(9-10-18-14(20)22-4)11-5-7-12(17)8-6-11/h5-8,13H,9-10H2,1-4H3,(H,18,20)(H,19,21)/t13-/m0/s1. The van der Waals surface area contributed by atoms with Crippen molar-refractivity contribution in [1.29, 1.82) is 0 Å². The molecule has 0 saturated heterocycles. The number of hydrogen-bond acceptors (Lipinski definition) is 4. The number of methoxy groups -OCH3 is 1. The van der Waals surface area contributed by atoms with Gasteiger partial charge in [-0.2, -0.15) is 0 Å². The number of alkyl carbamates (subject to hydrolysis) is 2. The predicted octanol–water partition coefficient (Wildman–Crippen LogP) is 3.76.